The van der Waals surface area contributed by atoms with Gasteiger partial charge in [0, 0.05) is 6.54 Å². The third kappa shape index (κ3) is 4.49. The van der Waals surface area contributed by atoms with Crippen LogP contribution in [0.5, 0.6) is 0 Å². The first kappa shape index (κ1) is 12.9. The van der Waals surface area contributed by atoms with Gasteiger partial charge >= 0.3 is 0 Å². The quantitative estimate of drug-likeness (QED) is 0.760. The Kier molecular flexibility index (Phi) is 5.58. The predicted molar refractivity (Wildman–Crippen MR) is 62.1 cm³/mol. The molecule has 0 radical (unpaired) electrons. The van der Waals surface area contributed by atoms with Crippen LogP contribution < -0.4 is 5.32 Å². The summed E-state index contributed by atoms with van der Waals surface area (Å²) < 4.78 is 11.8. The molecule has 3 heteroatoms. The maximum atomic E-state index is 6.08. The van der Waals surface area contributed by atoms with E-state index in [1.165, 1.54) is 0 Å². The van der Waals surface area contributed by atoms with Crippen LogP contribution in [-0.2, 0) is 9.47 Å². The first-order valence-corrected chi connectivity index (χ1v) is 6.11. The summed E-state index contributed by atoms with van der Waals surface area (Å²) in [5.74, 6) is 0. The fourth-order valence-electron chi connectivity index (χ4n) is 2.24. The van der Waals surface area contributed by atoms with Gasteiger partial charge in [-0.3, -0.25) is 0 Å². The highest BCUT2D eigenvalue weighted by Gasteiger charge is 2.26. The van der Waals surface area contributed by atoms with Crippen LogP contribution in [0.15, 0.2) is 0 Å². The number of hydrogen-bond acceptors (Lipinski definition) is 3. The van der Waals surface area contributed by atoms with E-state index in [2.05, 4.69) is 26.1 Å². The fraction of sp³-hybridized carbons (Fsp3) is 1.00. The van der Waals surface area contributed by atoms with Gasteiger partial charge in [0.15, 0.2) is 0 Å². The van der Waals surface area contributed by atoms with E-state index in [1.807, 2.05) is 7.05 Å². The van der Waals surface area contributed by atoms with Crippen molar-refractivity contribution in [3.05, 3.63) is 0 Å². The van der Waals surface area contributed by atoms with E-state index < -0.39 is 0 Å². The van der Waals surface area contributed by atoms with Crippen molar-refractivity contribution in [2.24, 2.45) is 0 Å². The fourth-order valence-corrected chi connectivity index (χ4v) is 2.24. The number of rotatable bonds is 5. The van der Waals surface area contributed by atoms with Crippen LogP contribution in [0.2, 0.25) is 0 Å². The second kappa shape index (κ2) is 6.46. The molecule has 1 aliphatic rings. The third-order valence-electron chi connectivity index (χ3n) is 2.93. The van der Waals surface area contributed by atoms with Crippen LogP contribution in [0, 0.1) is 0 Å². The molecule has 0 bridgehead atoms. The Morgan fingerprint density at radius 1 is 1.33 bits per heavy atom. The molecule has 0 aliphatic carbocycles. The number of ether oxygens (including phenoxy) is 2. The Balaban J connectivity index is 2.35. The molecule has 1 saturated heterocycles. The molecular formula is C12H25NO2. The first-order chi connectivity index (χ1) is 7.15. The van der Waals surface area contributed by atoms with Crippen LogP contribution in [0.3, 0.4) is 0 Å². The van der Waals surface area contributed by atoms with Crippen LogP contribution in [0.4, 0.5) is 0 Å². The van der Waals surface area contributed by atoms with Gasteiger partial charge in [-0.15, -0.1) is 0 Å². The van der Waals surface area contributed by atoms with Crippen molar-refractivity contribution >= 4 is 0 Å². The average molecular weight is 215 g/mol. The summed E-state index contributed by atoms with van der Waals surface area (Å²) in [6.07, 6.45) is 4.53. The molecule has 0 aromatic heterocycles. The summed E-state index contributed by atoms with van der Waals surface area (Å²) in [6.45, 7) is 7.38. The molecule has 90 valence electrons. The number of likely N-dealkylation sites (N-methyl/N-ethyl adjacent to an activating group) is 1. The van der Waals surface area contributed by atoms with Gasteiger partial charge in [-0.25, -0.2) is 0 Å². The molecule has 0 saturated carbocycles. The van der Waals surface area contributed by atoms with E-state index in [1.54, 1.807) is 0 Å². The summed E-state index contributed by atoms with van der Waals surface area (Å²) in [6, 6.07) is 0. The highest BCUT2D eigenvalue weighted by molar-refractivity contribution is 4.75. The zero-order chi connectivity index (χ0) is 11.3. The zero-order valence-electron chi connectivity index (χ0n) is 10.5. The summed E-state index contributed by atoms with van der Waals surface area (Å²) in [4.78, 5) is 0. The van der Waals surface area contributed by atoms with Gasteiger partial charge in [0.2, 0.25) is 0 Å². The smallest absolute Gasteiger partial charge is 0.0700 e. The third-order valence-corrected chi connectivity index (χ3v) is 2.93. The van der Waals surface area contributed by atoms with Crippen molar-refractivity contribution in [1.29, 1.82) is 0 Å². The standard InChI is InChI=1S/C12H25NO2/c1-5-11(8-13-4)15-12-6-9(2)14-10(3)7-12/h9-13H,5-8H2,1-4H3. The Labute approximate surface area is 93.5 Å². The van der Waals surface area contributed by atoms with Crippen LogP contribution in [0.1, 0.15) is 40.0 Å². The van der Waals surface area contributed by atoms with E-state index in [0.717, 1.165) is 25.8 Å². The predicted octanol–water partition coefficient (Wildman–Crippen LogP) is 1.96. The Hall–Kier alpha value is -0.120. The summed E-state index contributed by atoms with van der Waals surface area (Å²) in [7, 11) is 1.97. The van der Waals surface area contributed by atoms with Crippen molar-refractivity contribution in [2.45, 2.75) is 64.4 Å². The first-order valence-electron chi connectivity index (χ1n) is 6.11. The molecule has 0 aromatic carbocycles. The van der Waals surface area contributed by atoms with Crippen molar-refractivity contribution in [3.63, 3.8) is 0 Å². The number of hydrogen-bond donors (Lipinski definition) is 1. The lowest BCUT2D eigenvalue weighted by Crippen LogP contribution is -2.38. The highest BCUT2D eigenvalue weighted by Crippen LogP contribution is 2.23. The Morgan fingerprint density at radius 3 is 2.40 bits per heavy atom. The average Bonchev–Trinajstić information content (AvgIpc) is 2.15. The molecule has 1 N–H and O–H groups in total. The second-order valence-electron chi connectivity index (χ2n) is 4.57. The Bertz CT molecular complexity index is 165. The van der Waals surface area contributed by atoms with E-state index in [0.29, 0.717) is 24.4 Å². The molecular weight excluding hydrogens is 190 g/mol. The van der Waals surface area contributed by atoms with Gasteiger partial charge in [-0.1, -0.05) is 6.92 Å². The minimum Gasteiger partial charge on any atom is -0.375 e. The topological polar surface area (TPSA) is 30.5 Å². The lowest BCUT2D eigenvalue weighted by atomic mass is 10.0. The Morgan fingerprint density at radius 2 is 1.93 bits per heavy atom. The minimum atomic E-state index is 0.339. The van der Waals surface area contributed by atoms with Gasteiger partial charge < -0.3 is 14.8 Å². The van der Waals surface area contributed by atoms with Crippen LogP contribution >= 0.6 is 0 Å². The lowest BCUT2D eigenvalue weighted by Gasteiger charge is -2.34. The van der Waals surface area contributed by atoms with E-state index in [4.69, 9.17) is 9.47 Å². The van der Waals surface area contributed by atoms with Crippen molar-refractivity contribution in [3.8, 4) is 0 Å². The summed E-state index contributed by atoms with van der Waals surface area (Å²) >= 11 is 0. The largest absolute Gasteiger partial charge is 0.375 e. The van der Waals surface area contributed by atoms with Gasteiger partial charge in [0.25, 0.3) is 0 Å². The molecule has 1 rings (SSSR count). The maximum Gasteiger partial charge on any atom is 0.0700 e. The monoisotopic (exact) mass is 215 g/mol. The minimum absolute atomic E-state index is 0.339. The van der Waals surface area contributed by atoms with E-state index >= 15 is 0 Å². The van der Waals surface area contributed by atoms with Crippen molar-refractivity contribution in [2.75, 3.05) is 13.6 Å². The SMILES string of the molecule is CCC(CNC)OC1CC(C)OC(C)C1. The van der Waals surface area contributed by atoms with E-state index in [-0.39, 0.29) is 0 Å². The zero-order valence-corrected chi connectivity index (χ0v) is 10.5. The molecule has 3 unspecified atom stereocenters. The molecule has 0 aromatic rings. The van der Waals surface area contributed by atoms with Gasteiger partial charge in [0.05, 0.1) is 24.4 Å². The maximum absolute atomic E-state index is 6.08. The molecule has 3 atom stereocenters. The van der Waals surface area contributed by atoms with Crippen molar-refractivity contribution in [1.82, 2.24) is 5.32 Å². The molecule has 0 spiro atoms. The van der Waals surface area contributed by atoms with Gasteiger partial charge in [-0.2, -0.15) is 0 Å². The van der Waals surface area contributed by atoms with Gasteiger partial charge in [-0.05, 0) is 40.2 Å². The molecule has 0 amide bonds. The molecule has 1 fully saturated rings. The molecule has 3 nitrogen and oxygen atoms in total. The summed E-state index contributed by atoms with van der Waals surface area (Å²) in [5.41, 5.74) is 0. The summed E-state index contributed by atoms with van der Waals surface area (Å²) in [5, 5.41) is 3.17. The molecule has 1 heterocycles. The highest BCUT2D eigenvalue weighted by atomic mass is 16.5. The van der Waals surface area contributed by atoms with Gasteiger partial charge in [0.1, 0.15) is 0 Å². The van der Waals surface area contributed by atoms with E-state index in [9.17, 15) is 0 Å². The second-order valence-corrected chi connectivity index (χ2v) is 4.57. The van der Waals surface area contributed by atoms with Crippen LogP contribution in [0.25, 0.3) is 0 Å². The normalized spacial score (nSPS) is 34.0. The molecule has 1 aliphatic heterocycles. The number of nitrogens with one attached hydrogen (secondary N) is 1. The van der Waals surface area contributed by atoms with Crippen LogP contribution in [-0.4, -0.2) is 38.0 Å². The lowest BCUT2D eigenvalue weighted by molar-refractivity contribution is -0.121. The molecule has 15 heavy (non-hydrogen) atoms. The van der Waals surface area contributed by atoms with Crippen molar-refractivity contribution < 1.29 is 9.47 Å².